The number of carbonyl (C=O) groups is 1. The van der Waals surface area contributed by atoms with Crippen molar-refractivity contribution in [2.24, 2.45) is 0 Å². The molecule has 0 aromatic heterocycles. The molecule has 1 saturated heterocycles. The van der Waals surface area contributed by atoms with Gasteiger partial charge in [-0.1, -0.05) is 12.8 Å². The second kappa shape index (κ2) is 6.68. The van der Waals surface area contributed by atoms with E-state index in [0.717, 1.165) is 50.9 Å². The number of amides is 1. The van der Waals surface area contributed by atoms with Gasteiger partial charge in [0, 0.05) is 19.2 Å². The van der Waals surface area contributed by atoms with Crippen LogP contribution in [-0.4, -0.2) is 30.4 Å². The van der Waals surface area contributed by atoms with Crippen LogP contribution in [0.5, 0.6) is 0 Å². The molecule has 1 fully saturated rings. The molecule has 0 bridgehead atoms. The Labute approximate surface area is 118 Å². The second-order valence-electron chi connectivity index (χ2n) is 5.23. The van der Waals surface area contributed by atoms with Gasteiger partial charge in [0.05, 0.1) is 12.2 Å². The highest BCUT2D eigenvalue weighted by Gasteiger charge is 2.16. The zero-order valence-corrected chi connectivity index (χ0v) is 11.7. The molecule has 1 aromatic carbocycles. The third-order valence-electron chi connectivity index (χ3n) is 3.64. The molecule has 5 heteroatoms. The lowest BCUT2D eigenvalue weighted by Gasteiger charge is -2.20. The lowest BCUT2D eigenvalue weighted by Crippen LogP contribution is -2.36. The minimum absolute atomic E-state index is 0.000574. The molecule has 0 aliphatic carbocycles. The van der Waals surface area contributed by atoms with E-state index >= 15 is 0 Å². The van der Waals surface area contributed by atoms with Crippen LogP contribution in [0.25, 0.3) is 0 Å². The minimum Gasteiger partial charge on any atom is -0.374 e. The van der Waals surface area contributed by atoms with E-state index in [2.05, 4.69) is 5.32 Å². The Kier molecular flexibility index (Phi) is 4.93. The van der Waals surface area contributed by atoms with Gasteiger partial charge in [0.2, 0.25) is 5.91 Å². The minimum atomic E-state index is -0.535. The fourth-order valence-electron chi connectivity index (χ4n) is 2.38. The number of likely N-dealkylation sites (tertiary alicyclic amines) is 1. The molecule has 1 aliphatic rings. The maximum atomic E-state index is 13.6. The molecule has 0 saturated carbocycles. The predicted octanol–water partition coefficient (Wildman–Crippen LogP) is 3.09. The van der Waals surface area contributed by atoms with E-state index in [4.69, 9.17) is 0 Å². The van der Waals surface area contributed by atoms with Crippen molar-refractivity contribution in [2.45, 2.75) is 32.6 Å². The first kappa shape index (κ1) is 14.8. The summed E-state index contributed by atoms with van der Waals surface area (Å²) in [5.41, 5.74) is 0.295. The van der Waals surface area contributed by atoms with Crippen molar-refractivity contribution in [1.29, 1.82) is 0 Å². The molecule has 0 radical (unpaired) electrons. The molecule has 20 heavy (non-hydrogen) atoms. The topological polar surface area (TPSA) is 32.3 Å². The molecular weight excluding hydrogens is 262 g/mol. The highest BCUT2D eigenvalue weighted by atomic mass is 19.1. The summed E-state index contributed by atoms with van der Waals surface area (Å²) in [7, 11) is 0. The molecule has 1 aliphatic heterocycles. The first-order valence-corrected chi connectivity index (χ1v) is 7.05. The van der Waals surface area contributed by atoms with E-state index in [0.29, 0.717) is 0 Å². The standard InChI is InChI=1S/C15H20F2N2O/c1-11-8-13(17)14(9-12(11)16)18-10-15(20)19-6-4-2-3-5-7-19/h8-9,18H,2-7,10H2,1H3. The summed E-state index contributed by atoms with van der Waals surface area (Å²) in [6, 6.07) is 2.23. The van der Waals surface area contributed by atoms with Gasteiger partial charge in [-0.05, 0) is 31.4 Å². The van der Waals surface area contributed by atoms with Crippen LogP contribution in [0, 0.1) is 18.6 Å². The third-order valence-corrected chi connectivity index (χ3v) is 3.64. The van der Waals surface area contributed by atoms with Crippen LogP contribution in [0.4, 0.5) is 14.5 Å². The molecule has 110 valence electrons. The molecule has 1 heterocycles. The maximum Gasteiger partial charge on any atom is 0.241 e. The molecular formula is C15H20F2N2O. The monoisotopic (exact) mass is 282 g/mol. The Balaban J connectivity index is 1.94. The van der Waals surface area contributed by atoms with E-state index in [-0.39, 0.29) is 23.7 Å². The van der Waals surface area contributed by atoms with E-state index in [9.17, 15) is 13.6 Å². The van der Waals surface area contributed by atoms with Crippen LogP contribution in [-0.2, 0) is 4.79 Å². The number of hydrogen-bond donors (Lipinski definition) is 1. The summed E-state index contributed by atoms with van der Waals surface area (Å²) in [6.07, 6.45) is 4.32. The van der Waals surface area contributed by atoms with Gasteiger partial charge in [0.1, 0.15) is 11.6 Å². The molecule has 1 amide bonds. The molecule has 0 spiro atoms. The Bertz CT molecular complexity index is 483. The first-order valence-electron chi connectivity index (χ1n) is 7.05. The number of aryl methyl sites for hydroxylation is 1. The largest absolute Gasteiger partial charge is 0.374 e. The molecule has 0 unspecified atom stereocenters. The van der Waals surface area contributed by atoms with Crippen molar-refractivity contribution in [1.82, 2.24) is 4.90 Å². The summed E-state index contributed by atoms with van der Waals surface area (Å²) < 4.78 is 27.0. The van der Waals surface area contributed by atoms with E-state index in [1.165, 1.54) is 6.92 Å². The van der Waals surface area contributed by atoms with Crippen LogP contribution in [0.15, 0.2) is 12.1 Å². The number of benzene rings is 1. The van der Waals surface area contributed by atoms with Gasteiger partial charge in [-0.15, -0.1) is 0 Å². The normalized spacial score (nSPS) is 15.8. The zero-order valence-electron chi connectivity index (χ0n) is 11.7. The fraction of sp³-hybridized carbons (Fsp3) is 0.533. The van der Waals surface area contributed by atoms with E-state index < -0.39 is 11.6 Å². The van der Waals surface area contributed by atoms with Crippen molar-refractivity contribution in [3.63, 3.8) is 0 Å². The van der Waals surface area contributed by atoms with Gasteiger partial charge >= 0.3 is 0 Å². The Morgan fingerprint density at radius 3 is 2.45 bits per heavy atom. The van der Waals surface area contributed by atoms with Crippen LogP contribution in [0.1, 0.15) is 31.2 Å². The van der Waals surface area contributed by atoms with Crippen LogP contribution < -0.4 is 5.32 Å². The SMILES string of the molecule is Cc1cc(F)c(NCC(=O)N2CCCCCC2)cc1F. The fourth-order valence-corrected chi connectivity index (χ4v) is 2.38. The average molecular weight is 282 g/mol. The molecule has 1 aromatic rings. The highest BCUT2D eigenvalue weighted by Crippen LogP contribution is 2.18. The molecule has 2 rings (SSSR count). The van der Waals surface area contributed by atoms with Crippen molar-refractivity contribution in [3.05, 3.63) is 29.3 Å². The van der Waals surface area contributed by atoms with E-state index in [1.54, 1.807) is 4.90 Å². The number of rotatable bonds is 3. The number of nitrogens with one attached hydrogen (secondary N) is 1. The lowest BCUT2D eigenvalue weighted by molar-refractivity contribution is -0.129. The number of halogens is 2. The summed E-state index contributed by atoms with van der Waals surface area (Å²) >= 11 is 0. The van der Waals surface area contributed by atoms with Gasteiger partial charge in [0.25, 0.3) is 0 Å². The lowest BCUT2D eigenvalue weighted by atomic mass is 10.2. The number of hydrogen-bond acceptors (Lipinski definition) is 2. The summed E-state index contributed by atoms with van der Waals surface area (Å²) in [5, 5.41) is 2.69. The Morgan fingerprint density at radius 1 is 1.15 bits per heavy atom. The second-order valence-corrected chi connectivity index (χ2v) is 5.23. The van der Waals surface area contributed by atoms with Crippen molar-refractivity contribution < 1.29 is 13.6 Å². The number of anilines is 1. The Hall–Kier alpha value is -1.65. The number of nitrogens with zero attached hydrogens (tertiary/aromatic N) is 1. The number of carbonyl (C=O) groups excluding carboxylic acids is 1. The summed E-state index contributed by atoms with van der Waals surface area (Å²) in [4.78, 5) is 13.8. The quantitative estimate of drug-likeness (QED) is 0.924. The van der Waals surface area contributed by atoms with Crippen LogP contribution in [0.3, 0.4) is 0 Å². The Morgan fingerprint density at radius 2 is 1.80 bits per heavy atom. The summed E-state index contributed by atoms with van der Waals surface area (Å²) in [6.45, 7) is 3.01. The van der Waals surface area contributed by atoms with Gasteiger partial charge < -0.3 is 10.2 Å². The van der Waals surface area contributed by atoms with E-state index in [1.807, 2.05) is 0 Å². The van der Waals surface area contributed by atoms with Crippen molar-refractivity contribution in [2.75, 3.05) is 25.0 Å². The average Bonchev–Trinajstić information content (AvgIpc) is 2.70. The van der Waals surface area contributed by atoms with Gasteiger partial charge in [-0.25, -0.2) is 8.78 Å². The maximum absolute atomic E-state index is 13.6. The van der Waals surface area contributed by atoms with Gasteiger partial charge in [-0.3, -0.25) is 4.79 Å². The van der Waals surface area contributed by atoms with Gasteiger partial charge in [-0.2, -0.15) is 0 Å². The molecule has 0 atom stereocenters. The van der Waals surface area contributed by atoms with Gasteiger partial charge in [0.15, 0.2) is 0 Å². The van der Waals surface area contributed by atoms with Crippen LogP contribution in [0.2, 0.25) is 0 Å². The van der Waals surface area contributed by atoms with Crippen LogP contribution >= 0.6 is 0 Å². The predicted molar refractivity (Wildman–Crippen MR) is 74.6 cm³/mol. The highest BCUT2D eigenvalue weighted by molar-refractivity contribution is 5.81. The molecule has 3 nitrogen and oxygen atoms in total. The van der Waals surface area contributed by atoms with Crippen molar-refractivity contribution >= 4 is 11.6 Å². The van der Waals surface area contributed by atoms with Crippen molar-refractivity contribution in [3.8, 4) is 0 Å². The molecule has 1 N–H and O–H groups in total. The zero-order chi connectivity index (χ0) is 14.5. The summed E-state index contributed by atoms with van der Waals surface area (Å²) in [5.74, 6) is -1.07. The smallest absolute Gasteiger partial charge is 0.241 e. The third kappa shape index (κ3) is 3.68. The first-order chi connectivity index (χ1) is 9.58.